The Kier molecular flexibility index (Phi) is 4.32. The molecule has 1 heterocycles. The fourth-order valence-electron chi connectivity index (χ4n) is 2.10. The molecule has 4 nitrogen and oxygen atoms in total. The van der Waals surface area contributed by atoms with Crippen molar-refractivity contribution < 1.29 is 14.6 Å². The van der Waals surface area contributed by atoms with E-state index in [1.165, 1.54) is 0 Å². The van der Waals surface area contributed by atoms with Crippen LogP contribution < -0.4 is 9.47 Å². The van der Waals surface area contributed by atoms with Crippen LogP contribution in [0.25, 0.3) is 0 Å². The van der Waals surface area contributed by atoms with Gasteiger partial charge in [0, 0.05) is 36.3 Å². The minimum atomic E-state index is 0.0599. The highest BCUT2D eigenvalue weighted by Gasteiger charge is 2.27. The summed E-state index contributed by atoms with van der Waals surface area (Å²) < 4.78 is 11.2. The van der Waals surface area contributed by atoms with E-state index >= 15 is 0 Å². The van der Waals surface area contributed by atoms with Crippen molar-refractivity contribution >= 4 is 11.6 Å². The number of rotatable bonds is 5. The number of ether oxygens (including phenoxy) is 2. The lowest BCUT2D eigenvalue weighted by Crippen LogP contribution is -2.51. The summed E-state index contributed by atoms with van der Waals surface area (Å²) in [6.07, 6.45) is 0.692. The highest BCUT2D eigenvalue weighted by atomic mass is 35.5. The highest BCUT2D eigenvalue weighted by molar-refractivity contribution is 6.30. The third-order valence-electron chi connectivity index (χ3n) is 3.01. The Balaban J connectivity index is 2.23. The van der Waals surface area contributed by atoms with Gasteiger partial charge in [0.1, 0.15) is 6.10 Å². The van der Waals surface area contributed by atoms with Gasteiger partial charge >= 0.3 is 0 Å². The number of methoxy groups -OCH3 is 1. The van der Waals surface area contributed by atoms with Gasteiger partial charge in [-0.15, -0.1) is 0 Å². The fourth-order valence-corrected chi connectivity index (χ4v) is 2.33. The molecular formula is C13H18ClNO3. The quantitative estimate of drug-likeness (QED) is 0.883. The maximum absolute atomic E-state index is 9.10. The first-order chi connectivity index (χ1) is 8.63. The predicted octanol–water partition coefficient (Wildman–Crippen LogP) is 1.58. The van der Waals surface area contributed by atoms with Crippen LogP contribution in [0.1, 0.15) is 5.56 Å². The molecule has 100 valence electrons. The SMILES string of the molecule is COc1cc(Cl)cc(CCO)c1OC1CN(C)C1. The van der Waals surface area contributed by atoms with E-state index in [0.717, 1.165) is 18.7 Å². The molecule has 0 aromatic heterocycles. The van der Waals surface area contributed by atoms with E-state index in [1.54, 1.807) is 13.2 Å². The second kappa shape index (κ2) is 5.78. The van der Waals surface area contributed by atoms with Crippen LogP contribution in [0.5, 0.6) is 11.5 Å². The van der Waals surface area contributed by atoms with E-state index in [0.29, 0.717) is 22.9 Å². The molecule has 1 aliphatic heterocycles. The summed E-state index contributed by atoms with van der Waals surface area (Å²) in [6.45, 7) is 1.87. The third kappa shape index (κ3) is 2.88. The fraction of sp³-hybridized carbons (Fsp3) is 0.538. The van der Waals surface area contributed by atoms with Crippen molar-refractivity contribution in [2.24, 2.45) is 0 Å². The molecule has 1 aromatic rings. The zero-order valence-electron chi connectivity index (χ0n) is 10.6. The van der Waals surface area contributed by atoms with Crippen LogP contribution >= 0.6 is 11.6 Å². The first-order valence-corrected chi connectivity index (χ1v) is 6.34. The summed E-state index contributed by atoms with van der Waals surface area (Å²) in [7, 11) is 3.64. The van der Waals surface area contributed by atoms with Crippen LogP contribution in [-0.2, 0) is 6.42 Å². The molecule has 0 bridgehead atoms. The van der Waals surface area contributed by atoms with Crippen molar-refractivity contribution in [1.82, 2.24) is 4.90 Å². The summed E-state index contributed by atoms with van der Waals surface area (Å²) in [5.74, 6) is 1.33. The first kappa shape index (κ1) is 13.5. The highest BCUT2D eigenvalue weighted by Crippen LogP contribution is 2.36. The van der Waals surface area contributed by atoms with Crippen LogP contribution in [0.15, 0.2) is 12.1 Å². The number of hydrogen-bond donors (Lipinski definition) is 1. The molecule has 1 N–H and O–H groups in total. The van der Waals surface area contributed by atoms with Crippen molar-refractivity contribution in [3.05, 3.63) is 22.7 Å². The molecule has 1 saturated heterocycles. The lowest BCUT2D eigenvalue weighted by atomic mass is 10.1. The van der Waals surface area contributed by atoms with Crippen molar-refractivity contribution in [1.29, 1.82) is 0 Å². The van der Waals surface area contributed by atoms with Gasteiger partial charge in [-0.1, -0.05) is 11.6 Å². The number of nitrogens with zero attached hydrogens (tertiary/aromatic N) is 1. The molecule has 0 unspecified atom stereocenters. The summed E-state index contributed by atoms with van der Waals surface area (Å²) >= 11 is 6.02. The summed E-state index contributed by atoms with van der Waals surface area (Å²) in [4.78, 5) is 2.18. The van der Waals surface area contributed by atoms with E-state index in [2.05, 4.69) is 4.90 Å². The molecule has 1 aromatic carbocycles. The topological polar surface area (TPSA) is 41.9 Å². The number of hydrogen-bond acceptors (Lipinski definition) is 4. The molecule has 0 radical (unpaired) electrons. The van der Waals surface area contributed by atoms with E-state index in [4.69, 9.17) is 26.2 Å². The van der Waals surface area contributed by atoms with Gasteiger partial charge in [0.15, 0.2) is 11.5 Å². The summed E-state index contributed by atoms with van der Waals surface area (Å²) in [5, 5.41) is 9.69. The zero-order chi connectivity index (χ0) is 13.1. The van der Waals surface area contributed by atoms with Crippen molar-refractivity contribution in [2.45, 2.75) is 12.5 Å². The Labute approximate surface area is 112 Å². The number of aliphatic hydroxyl groups is 1. The molecule has 1 fully saturated rings. The van der Waals surface area contributed by atoms with Gasteiger partial charge in [-0.25, -0.2) is 0 Å². The van der Waals surface area contributed by atoms with Gasteiger partial charge in [-0.3, -0.25) is 4.90 Å². The van der Waals surface area contributed by atoms with Crippen LogP contribution in [0.2, 0.25) is 5.02 Å². The second-order valence-corrected chi connectivity index (χ2v) is 4.97. The van der Waals surface area contributed by atoms with E-state index < -0.39 is 0 Å². The van der Waals surface area contributed by atoms with Gasteiger partial charge in [0.2, 0.25) is 0 Å². The van der Waals surface area contributed by atoms with E-state index in [9.17, 15) is 0 Å². The molecule has 0 atom stereocenters. The number of aliphatic hydroxyl groups excluding tert-OH is 1. The molecule has 2 rings (SSSR count). The maximum atomic E-state index is 9.10. The predicted molar refractivity (Wildman–Crippen MR) is 70.7 cm³/mol. The van der Waals surface area contributed by atoms with Crippen LogP contribution in [0.4, 0.5) is 0 Å². The van der Waals surface area contributed by atoms with E-state index in [1.807, 2.05) is 13.1 Å². The third-order valence-corrected chi connectivity index (χ3v) is 3.23. The van der Waals surface area contributed by atoms with Crippen molar-refractivity contribution in [2.75, 3.05) is 33.9 Å². The number of benzene rings is 1. The zero-order valence-corrected chi connectivity index (χ0v) is 11.4. The summed E-state index contributed by atoms with van der Waals surface area (Å²) in [5.41, 5.74) is 0.886. The van der Waals surface area contributed by atoms with Crippen LogP contribution in [0, 0.1) is 0 Å². The Bertz CT molecular complexity index is 419. The maximum Gasteiger partial charge on any atom is 0.165 e. The Morgan fingerprint density at radius 1 is 1.44 bits per heavy atom. The Hall–Kier alpha value is -0.970. The Morgan fingerprint density at radius 2 is 2.17 bits per heavy atom. The molecule has 0 amide bonds. The van der Waals surface area contributed by atoms with Gasteiger partial charge in [-0.2, -0.15) is 0 Å². The van der Waals surface area contributed by atoms with Gasteiger partial charge < -0.3 is 14.6 Å². The largest absolute Gasteiger partial charge is 0.493 e. The monoisotopic (exact) mass is 271 g/mol. The average Bonchev–Trinajstić information content (AvgIpc) is 2.30. The number of likely N-dealkylation sites (tertiary alicyclic amines) is 1. The minimum Gasteiger partial charge on any atom is -0.493 e. The molecule has 0 aliphatic carbocycles. The van der Waals surface area contributed by atoms with Gasteiger partial charge in [0.25, 0.3) is 0 Å². The van der Waals surface area contributed by atoms with Crippen LogP contribution in [-0.4, -0.2) is 50.0 Å². The lowest BCUT2D eigenvalue weighted by Gasteiger charge is -2.36. The number of halogens is 1. The average molecular weight is 272 g/mol. The van der Waals surface area contributed by atoms with Crippen LogP contribution in [0.3, 0.4) is 0 Å². The molecule has 1 aliphatic rings. The smallest absolute Gasteiger partial charge is 0.165 e. The van der Waals surface area contributed by atoms with E-state index in [-0.39, 0.29) is 12.7 Å². The Morgan fingerprint density at radius 3 is 2.72 bits per heavy atom. The minimum absolute atomic E-state index is 0.0599. The standard InChI is InChI=1S/C13H18ClNO3/c1-15-7-11(8-15)18-13-9(3-4-16)5-10(14)6-12(13)17-2/h5-6,11,16H,3-4,7-8H2,1-2H3. The normalized spacial score (nSPS) is 16.4. The van der Waals surface area contributed by atoms with Gasteiger partial charge in [-0.05, 0) is 19.5 Å². The van der Waals surface area contributed by atoms with Crippen molar-refractivity contribution in [3.63, 3.8) is 0 Å². The lowest BCUT2D eigenvalue weighted by molar-refractivity contribution is 0.0361. The van der Waals surface area contributed by atoms with Gasteiger partial charge in [0.05, 0.1) is 7.11 Å². The second-order valence-electron chi connectivity index (χ2n) is 4.53. The van der Waals surface area contributed by atoms with Crippen molar-refractivity contribution in [3.8, 4) is 11.5 Å². The molecule has 0 spiro atoms. The molecule has 18 heavy (non-hydrogen) atoms. The summed E-state index contributed by atoms with van der Waals surface area (Å²) in [6, 6.07) is 3.55. The first-order valence-electron chi connectivity index (χ1n) is 5.96. The molecule has 5 heteroatoms. The number of likely N-dealkylation sites (N-methyl/N-ethyl adjacent to an activating group) is 1. The molecule has 0 saturated carbocycles. The molecular weight excluding hydrogens is 254 g/mol.